The molecule has 7 amide bonds. The first-order chi connectivity index (χ1) is 21.9. The van der Waals surface area contributed by atoms with Crippen molar-refractivity contribution in [2.45, 2.75) is 70.9 Å². The van der Waals surface area contributed by atoms with Crippen molar-refractivity contribution in [3.63, 3.8) is 0 Å². The number of rotatable bonds is 22. The van der Waals surface area contributed by atoms with Gasteiger partial charge in [0, 0.05) is 25.4 Å². The van der Waals surface area contributed by atoms with Crippen LogP contribution < -0.4 is 43.0 Å². The lowest BCUT2D eigenvalue weighted by molar-refractivity contribution is -0.142. The number of amides is 7. The highest BCUT2D eigenvalue weighted by molar-refractivity contribution is 7.99. The van der Waals surface area contributed by atoms with Crippen LogP contribution in [0.5, 0.6) is 0 Å². The van der Waals surface area contributed by atoms with Crippen LogP contribution in [0.1, 0.15) is 34.6 Å². The number of aliphatic hydroxyl groups excluding tert-OH is 2. The number of aliphatic carboxylic acids is 1. The highest BCUT2D eigenvalue weighted by Crippen LogP contribution is 2.07. The molecular weight excluding hydrogens is 664 g/mol. The lowest BCUT2D eigenvalue weighted by atomic mass is 10.0. The molecule has 47 heavy (non-hydrogen) atoms. The van der Waals surface area contributed by atoms with Crippen LogP contribution in [-0.2, 0) is 38.4 Å². The van der Waals surface area contributed by atoms with Crippen molar-refractivity contribution in [3.8, 4) is 0 Å². The number of nitrogens with one attached hydrogen (secondary N) is 7. The molecular formula is C26H46N8O11S2. The maximum absolute atomic E-state index is 13.2. The van der Waals surface area contributed by atoms with E-state index in [-0.39, 0.29) is 35.1 Å². The van der Waals surface area contributed by atoms with Gasteiger partial charge in [0.25, 0.3) is 0 Å². The van der Waals surface area contributed by atoms with Gasteiger partial charge in [-0.25, -0.2) is 4.79 Å². The third-order valence-corrected chi connectivity index (χ3v) is 7.83. The molecule has 0 spiro atoms. The first kappa shape index (κ1) is 43.3. The first-order valence-corrected chi connectivity index (χ1v) is 16.6. The normalized spacial score (nSPS) is 14.7. The Kier molecular flexibility index (Phi) is 21.0. The first-order valence-electron chi connectivity index (χ1n) is 14.3. The monoisotopic (exact) mass is 710 g/mol. The average Bonchev–Trinajstić information content (AvgIpc) is 2.98. The highest BCUT2D eigenvalue weighted by Gasteiger charge is 2.35. The molecule has 0 heterocycles. The Bertz CT molecular complexity index is 1110. The number of thioether (sulfide) groups is 2. The Morgan fingerprint density at radius 1 is 0.660 bits per heavy atom. The molecule has 0 aliphatic rings. The number of nitrogens with two attached hydrogens (primary N) is 1. The summed E-state index contributed by atoms with van der Waals surface area (Å²) in [5, 5.41) is 46.1. The van der Waals surface area contributed by atoms with Gasteiger partial charge in [-0.2, -0.15) is 0 Å². The molecule has 19 nitrogen and oxygen atoms in total. The number of carbonyl (C=O) groups is 8. The van der Waals surface area contributed by atoms with E-state index in [1.807, 2.05) is 0 Å². The Balaban J connectivity index is 5.62. The van der Waals surface area contributed by atoms with E-state index in [9.17, 15) is 53.7 Å². The van der Waals surface area contributed by atoms with Crippen LogP contribution in [0.25, 0.3) is 0 Å². The zero-order valence-corrected chi connectivity index (χ0v) is 28.4. The highest BCUT2D eigenvalue weighted by atomic mass is 32.2. The summed E-state index contributed by atoms with van der Waals surface area (Å²) in [4.78, 5) is 97.7. The summed E-state index contributed by atoms with van der Waals surface area (Å²) in [6.45, 7) is 5.51. The summed E-state index contributed by atoms with van der Waals surface area (Å²) in [5.41, 5.74) is 5.33. The molecule has 0 saturated carbocycles. The van der Waals surface area contributed by atoms with Crippen molar-refractivity contribution < 1.29 is 53.7 Å². The average molecular weight is 711 g/mol. The lowest BCUT2D eigenvalue weighted by Gasteiger charge is -2.29. The van der Waals surface area contributed by atoms with E-state index in [4.69, 9.17) is 5.73 Å². The van der Waals surface area contributed by atoms with E-state index in [2.05, 4.69) is 37.2 Å². The number of hydrogen-bond donors (Lipinski definition) is 11. The van der Waals surface area contributed by atoms with Crippen LogP contribution in [0.2, 0.25) is 0 Å². The minimum absolute atomic E-state index is 0.0373. The number of hydrogen-bond acceptors (Lipinski definition) is 13. The standard InChI is InChI=1S/C26H46N8O11S2/c1-12(2)20(24(42)31-16(7-35)22(40)32-18(26(44)45)9-47-11-29-15(5)38)33-25(43)21(13(3)36)34-23(41)17(30-19(39)6-27)8-46-10-28-14(4)37/h12-13,16-18,20-21,35-36H,6-11,27H2,1-5H3,(H,28,37)(H,29,38)(H,30,39)(H,31,42)(H,32,40)(H,33,43)(H,34,41)(H,44,45)/t13-,16-,17-,18-,20-,21-/m1/s1. The molecule has 0 aromatic rings. The predicted octanol–water partition coefficient (Wildman–Crippen LogP) is -4.86. The molecule has 12 N–H and O–H groups in total. The maximum atomic E-state index is 13.2. The summed E-state index contributed by atoms with van der Waals surface area (Å²) in [7, 11) is 0. The van der Waals surface area contributed by atoms with E-state index in [1.165, 1.54) is 20.8 Å². The third kappa shape index (κ3) is 17.7. The summed E-state index contributed by atoms with van der Waals surface area (Å²) >= 11 is 2.10. The molecule has 0 bridgehead atoms. The van der Waals surface area contributed by atoms with Crippen molar-refractivity contribution in [3.05, 3.63) is 0 Å². The van der Waals surface area contributed by atoms with E-state index < -0.39 is 90.9 Å². The minimum atomic E-state index is -1.61. The molecule has 0 rings (SSSR count). The van der Waals surface area contributed by atoms with Gasteiger partial charge >= 0.3 is 5.97 Å². The van der Waals surface area contributed by atoms with Crippen LogP contribution in [0.15, 0.2) is 0 Å². The van der Waals surface area contributed by atoms with E-state index >= 15 is 0 Å². The fourth-order valence-electron chi connectivity index (χ4n) is 3.43. The molecule has 0 radical (unpaired) electrons. The second-order valence-corrected chi connectivity index (χ2v) is 12.5. The zero-order chi connectivity index (χ0) is 36.3. The van der Waals surface area contributed by atoms with Gasteiger partial charge in [-0.05, 0) is 12.8 Å². The van der Waals surface area contributed by atoms with Crippen molar-refractivity contribution in [1.29, 1.82) is 0 Å². The molecule has 268 valence electrons. The van der Waals surface area contributed by atoms with Crippen molar-refractivity contribution in [2.24, 2.45) is 11.7 Å². The van der Waals surface area contributed by atoms with Gasteiger partial charge in [0.05, 0.1) is 31.0 Å². The molecule has 0 saturated heterocycles. The van der Waals surface area contributed by atoms with Crippen LogP contribution in [-0.4, -0.2) is 135 Å². The van der Waals surface area contributed by atoms with Crippen LogP contribution >= 0.6 is 23.5 Å². The van der Waals surface area contributed by atoms with Gasteiger partial charge in [0.15, 0.2) is 0 Å². The SMILES string of the molecule is CC(=O)NCSC[C@@H](NC(=O)[C@@H](CO)NC(=O)[C@H](NC(=O)[C@H](NC(=O)[C@@H](CSCNC(C)=O)NC(=O)CN)[C@@H](C)O)C(C)C)C(=O)O. The van der Waals surface area contributed by atoms with Gasteiger partial charge < -0.3 is 58.3 Å². The molecule has 21 heteroatoms. The van der Waals surface area contributed by atoms with Crippen molar-refractivity contribution >= 4 is 70.8 Å². The Labute approximate surface area is 280 Å². The summed E-state index contributed by atoms with van der Waals surface area (Å²) in [6.07, 6.45) is -1.49. The molecule has 0 fully saturated rings. The summed E-state index contributed by atoms with van der Waals surface area (Å²) in [5.74, 6) is -7.16. The van der Waals surface area contributed by atoms with Gasteiger partial charge in [-0.15, -0.1) is 23.5 Å². The van der Waals surface area contributed by atoms with Crippen LogP contribution in [0, 0.1) is 5.92 Å². The predicted molar refractivity (Wildman–Crippen MR) is 172 cm³/mol. The zero-order valence-electron chi connectivity index (χ0n) is 26.8. The lowest BCUT2D eigenvalue weighted by Crippen LogP contribution is -2.62. The molecule has 0 aliphatic carbocycles. The van der Waals surface area contributed by atoms with Gasteiger partial charge in [0.2, 0.25) is 41.4 Å². The van der Waals surface area contributed by atoms with E-state index in [1.54, 1.807) is 13.8 Å². The fourth-order valence-corrected chi connectivity index (χ4v) is 5.21. The van der Waals surface area contributed by atoms with Gasteiger partial charge in [-0.3, -0.25) is 33.6 Å². The summed E-state index contributed by atoms with van der Waals surface area (Å²) < 4.78 is 0. The second kappa shape index (κ2) is 22.8. The van der Waals surface area contributed by atoms with Crippen molar-refractivity contribution in [1.82, 2.24) is 37.2 Å². The Hall–Kier alpha value is -3.66. The van der Waals surface area contributed by atoms with Crippen molar-refractivity contribution in [2.75, 3.05) is 36.4 Å². The largest absolute Gasteiger partial charge is 0.480 e. The number of carbonyl (C=O) groups excluding carboxylic acids is 7. The van der Waals surface area contributed by atoms with E-state index in [0.29, 0.717) is 0 Å². The molecule has 0 aromatic carbocycles. The number of carboxylic acids is 1. The molecule has 6 atom stereocenters. The number of carboxylic acid groups (broad SMARTS) is 1. The second-order valence-electron chi connectivity index (χ2n) is 10.4. The van der Waals surface area contributed by atoms with E-state index in [0.717, 1.165) is 23.5 Å². The van der Waals surface area contributed by atoms with Crippen LogP contribution in [0.3, 0.4) is 0 Å². The Morgan fingerprint density at radius 3 is 1.53 bits per heavy atom. The van der Waals surface area contributed by atoms with Gasteiger partial charge in [-0.1, -0.05) is 13.8 Å². The Morgan fingerprint density at radius 2 is 1.11 bits per heavy atom. The summed E-state index contributed by atoms with van der Waals surface area (Å²) in [6, 6.07) is -7.22. The smallest absolute Gasteiger partial charge is 0.327 e. The minimum Gasteiger partial charge on any atom is -0.480 e. The topological polar surface area (TPSA) is 307 Å². The quantitative estimate of drug-likeness (QED) is 0.0371. The third-order valence-electron chi connectivity index (χ3n) is 5.99. The fraction of sp³-hybridized carbons (Fsp3) is 0.692. The molecule has 0 aromatic heterocycles. The molecule has 0 unspecified atom stereocenters. The van der Waals surface area contributed by atoms with Gasteiger partial charge in [0.1, 0.15) is 30.2 Å². The molecule has 0 aliphatic heterocycles. The maximum Gasteiger partial charge on any atom is 0.327 e. The number of aliphatic hydroxyl groups is 2. The van der Waals surface area contributed by atoms with Crippen LogP contribution in [0.4, 0.5) is 0 Å².